The Hall–Kier alpha value is -1.000. The van der Waals surface area contributed by atoms with Gasteiger partial charge in [-0.2, -0.15) is 0 Å². The zero-order valence-electron chi connectivity index (χ0n) is 8.37. The SMILES string of the molecule is Cc1nc(CCO)nc2ccc(Br)cc12. The molecule has 3 nitrogen and oxygen atoms in total. The first-order chi connectivity index (χ1) is 7.20. The predicted octanol–water partition coefficient (Wildman–Crippen LogP) is 2.24. The number of hydrogen-bond acceptors (Lipinski definition) is 3. The van der Waals surface area contributed by atoms with Gasteiger partial charge in [-0.1, -0.05) is 15.9 Å². The van der Waals surface area contributed by atoms with Crippen LogP contribution < -0.4 is 0 Å². The molecule has 15 heavy (non-hydrogen) atoms. The maximum atomic E-state index is 8.84. The van der Waals surface area contributed by atoms with Crippen LogP contribution in [0.2, 0.25) is 0 Å². The molecule has 0 radical (unpaired) electrons. The summed E-state index contributed by atoms with van der Waals surface area (Å²) in [4.78, 5) is 8.72. The molecule has 0 spiro atoms. The van der Waals surface area contributed by atoms with Crippen molar-refractivity contribution in [2.75, 3.05) is 6.61 Å². The van der Waals surface area contributed by atoms with Crippen LogP contribution in [0, 0.1) is 6.92 Å². The Balaban J connectivity index is 2.62. The second-order valence-corrected chi connectivity index (χ2v) is 4.28. The summed E-state index contributed by atoms with van der Waals surface area (Å²) in [7, 11) is 0. The fourth-order valence-electron chi connectivity index (χ4n) is 1.53. The van der Waals surface area contributed by atoms with E-state index in [-0.39, 0.29) is 6.61 Å². The van der Waals surface area contributed by atoms with E-state index < -0.39 is 0 Å². The second-order valence-electron chi connectivity index (χ2n) is 3.36. The van der Waals surface area contributed by atoms with E-state index in [1.807, 2.05) is 25.1 Å². The molecule has 1 aromatic carbocycles. The molecule has 0 aliphatic carbocycles. The van der Waals surface area contributed by atoms with E-state index in [0.717, 1.165) is 21.1 Å². The van der Waals surface area contributed by atoms with Crippen LogP contribution in [-0.2, 0) is 6.42 Å². The molecule has 2 rings (SSSR count). The van der Waals surface area contributed by atoms with Crippen molar-refractivity contribution in [1.82, 2.24) is 9.97 Å². The molecular formula is C11H11BrN2O. The lowest BCUT2D eigenvalue weighted by molar-refractivity contribution is 0.296. The van der Waals surface area contributed by atoms with Gasteiger partial charge in [-0.25, -0.2) is 9.97 Å². The van der Waals surface area contributed by atoms with E-state index in [1.54, 1.807) is 0 Å². The molecule has 0 aliphatic heterocycles. The Morgan fingerprint density at radius 1 is 1.33 bits per heavy atom. The number of benzene rings is 1. The first-order valence-corrected chi connectivity index (χ1v) is 5.53. The Labute approximate surface area is 96.3 Å². The summed E-state index contributed by atoms with van der Waals surface area (Å²) >= 11 is 3.42. The van der Waals surface area contributed by atoms with Gasteiger partial charge in [0.25, 0.3) is 0 Å². The third-order valence-corrected chi connectivity index (χ3v) is 2.72. The molecule has 1 aromatic heterocycles. The molecule has 1 heterocycles. The number of halogens is 1. The zero-order valence-corrected chi connectivity index (χ0v) is 9.95. The smallest absolute Gasteiger partial charge is 0.131 e. The Morgan fingerprint density at radius 3 is 2.87 bits per heavy atom. The van der Waals surface area contributed by atoms with E-state index in [9.17, 15) is 0 Å². The van der Waals surface area contributed by atoms with Crippen molar-refractivity contribution in [3.63, 3.8) is 0 Å². The van der Waals surface area contributed by atoms with E-state index in [4.69, 9.17) is 5.11 Å². The minimum Gasteiger partial charge on any atom is -0.396 e. The summed E-state index contributed by atoms with van der Waals surface area (Å²) < 4.78 is 1.02. The van der Waals surface area contributed by atoms with Crippen LogP contribution in [0.1, 0.15) is 11.5 Å². The van der Waals surface area contributed by atoms with Gasteiger partial charge in [0.05, 0.1) is 12.1 Å². The van der Waals surface area contributed by atoms with Crippen LogP contribution in [0.3, 0.4) is 0 Å². The van der Waals surface area contributed by atoms with Gasteiger partial charge in [0.1, 0.15) is 5.82 Å². The highest BCUT2D eigenvalue weighted by atomic mass is 79.9. The molecule has 0 unspecified atom stereocenters. The van der Waals surface area contributed by atoms with Crippen molar-refractivity contribution in [3.05, 3.63) is 34.2 Å². The molecule has 0 fully saturated rings. The lowest BCUT2D eigenvalue weighted by atomic mass is 10.2. The molecular weight excluding hydrogens is 256 g/mol. The fourth-order valence-corrected chi connectivity index (χ4v) is 1.89. The summed E-state index contributed by atoms with van der Waals surface area (Å²) in [5.74, 6) is 0.699. The molecule has 0 aliphatic rings. The van der Waals surface area contributed by atoms with Crippen LogP contribution in [0.25, 0.3) is 10.9 Å². The van der Waals surface area contributed by atoms with Gasteiger partial charge in [0.15, 0.2) is 0 Å². The molecule has 1 N–H and O–H groups in total. The maximum Gasteiger partial charge on any atom is 0.131 e. The van der Waals surface area contributed by atoms with Crippen LogP contribution in [-0.4, -0.2) is 21.7 Å². The number of nitrogens with zero attached hydrogens (tertiary/aromatic N) is 2. The first-order valence-electron chi connectivity index (χ1n) is 4.74. The largest absolute Gasteiger partial charge is 0.396 e. The van der Waals surface area contributed by atoms with Gasteiger partial charge in [-0.15, -0.1) is 0 Å². The monoisotopic (exact) mass is 266 g/mol. The van der Waals surface area contributed by atoms with Crippen molar-refractivity contribution < 1.29 is 5.11 Å². The van der Waals surface area contributed by atoms with Crippen molar-refractivity contribution in [3.8, 4) is 0 Å². The average molecular weight is 267 g/mol. The number of aryl methyl sites for hydroxylation is 1. The van der Waals surface area contributed by atoms with Crippen molar-refractivity contribution in [2.24, 2.45) is 0 Å². The van der Waals surface area contributed by atoms with Gasteiger partial charge in [-0.05, 0) is 25.1 Å². The standard InChI is InChI=1S/C11H11BrN2O/c1-7-9-6-8(12)2-3-10(9)14-11(13-7)4-5-15/h2-3,6,15H,4-5H2,1H3. The molecule has 0 saturated heterocycles. The summed E-state index contributed by atoms with van der Waals surface area (Å²) in [5.41, 5.74) is 1.87. The average Bonchev–Trinajstić information content (AvgIpc) is 2.20. The van der Waals surface area contributed by atoms with Crippen molar-refractivity contribution in [1.29, 1.82) is 0 Å². The number of aliphatic hydroxyl groups excluding tert-OH is 1. The number of aromatic nitrogens is 2. The summed E-state index contributed by atoms with van der Waals surface area (Å²) in [6, 6.07) is 5.92. The fraction of sp³-hybridized carbons (Fsp3) is 0.273. The van der Waals surface area contributed by atoms with Crippen LogP contribution in [0.5, 0.6) is 0 Å². The highest BCUT2D eigenvalue weighted by molar-refractivity contribution is 9.10. The number of rotatable bonds is 2. The number of hydrogen-bond donors (Lipinski definition) is 1. The lowest BCUT2D eigenvalue weighted by Gasteiger charge is -2.04. The summed E-state index contributed by atoms with van der Waals surface area (Å²) in [6.45, 7) is 2.04. The maximum absolute atomic E-state index is 8.84. The van der Waals surface area contributed by atoms with Gasteiger partial charge in [-0.3, -0.25) is 0 Å². The lowest BCUT2D eigenvalue weighted by Crippen LogP contribution is -2.01. The summed E-state index contributed by atoms with van der Waals surface area (Å²) in [6.07, 6.45) is 0.507. The quantitative estimate of drug-likeness (QED) is 0.907. The van der Waals surface area contributed by atoms with Gasteiger partial charge in [0, 0.05) is 22.0 Å². The number of aliphatic hydroxyl groups is 1. The topological polar surface area (TPSA) is 46.0 Å². The third kappa shape index (κ3) is 2.16. The molecule has 0 amide bonds. The Bertz CT molecular complexity index is 499. The van der Waals surface area contributed by atoms with E-state index in [2.05, 4.69) is 25.9 Å². The Kier molecular flexibility index (Phi) is 2.98. The van der Waals surface area contributed by atoms with Gasteiger partial charge < -0.3 is 5.11 Å². The van der Waals surface area contributed by atoms with Gasteiger partial charge in [0.2, 0.25) is 0 Å². The highest BCUT2D eigenvalue weighted by Gasteiger charge is 2.04. The van der Waals surface area contributed by atoms with E-state index >= 15 is 0 Å². The summed E-state index contributed by atoms with van der Waals surface area (Å²) in [5, 5.41) is 9.89. The van der Waals surface area contributed by atoms with Crippen LogP contribution in [0.4, 0.5) is 0 Å². The van der Waals surface area contributed by atoms with Crippen molar-refractivity contribution in [2.45, 2.75) is 13.3 Å². The molecule has 4 heteroatoms. The molecule has 2 aromatic rings. The van der Waals surface area contributed by atoms with Crippen LogP contribution >= 0.6 is 15.9 Å². The molecule has 78 valence electrons. The van der Waals surface area contributed by atoms with E-state index in [1.165, 1.54) is 0 Å². The predicted molar refractivity (Wildman–Crippen MR) is 62.8 cm³/mol. The second kappa shape index (κ2) is 4.24. The van der Waals surface area contributed by atoms with E-state index in [0.29, 0.717) is 12.2 Å². The third-order valence-electron chi connectivity index (χ3n) is 2.23. The van der Waals surface area contributed by atoms with Gasteiger partial charge >= 0.3 is 0 Å². The normalized spacial score (nSPS) is 10.9. The number of fused-ring (bicyclic) bond motifs is 1. The zero-order chi connectivity index (χ0) is 10.8. The highest BCUT2D eigenvalue weighted by Crippen LogP contribution is 2.20. The van der Waals surface area contributed by atoms with Crippen molar-refractivity contribution >= 4 is 26.8 Å². The molecule has 0 bridgehead atoms. The first kappa shape index (κ1) is 10.5. The minimum absolute atomic E-state index is 0.0848. The Morgan fingerprint density at radius 2 is 2.13 bits per heavy atom. The minimum atomic E-state index is 0.0848. The molecule has 0 saturated carbocycles. The molecule has 0 atom stereocenters. The van der Waals surface area contributed by atoms with Crippen LogP contribution in [0.15, 0.2) is 22.7 Å².